The number of hydrogen-bond donors (Lipinski definition) is 3. The molecule has 2 aromatic carbocycles. The van der Waals surface area contributed by atoms with E-state index in [4.69, 9.17) is 0 Å². The molecule has 0 spiro atoms. The highest BCUT2D eigenvalue weighted by Crippen LogP contribution is 2.31. The summed E-state index contributed by atoms with van der Waals surface area (Å²) in [6.45, 7) is -0.618. The molecule has 1 aliphatic rings. The molecule has 1 aliphatic carbocycles. The highest BCUT2D eigenvalue weighted by molar-refractivity contribution is 6.00. The number of rotatable bonds is 7. The minimum Gasteiger partial charge on any atom is -0.377 e. The van der Waals surface area contributed by atoms with Crippen LogP contribution in [0.1, 0.15) is 23.2 Å². The van der Waals surface area contributed by atoms with Crippen molar-refractivity contribution in [1.29, 1.82) is 0 Å². The monoisotopic (exact) mass is 408 g/mol. The number of halogens is 3. The Morgan fingerprint density at radius 1 is 1.07 bits per heavy atom. The molecule has 0 bridgehead atoms. The summed E-state index contributed by atoms with van der Waals surface area (Å²) in [6, 6.07) is 5.49. The van der Waals surface area contributed by atoms with Gasteiger partial charge in [-0.25, -0.2) is 13.2 Å². The molecule has 3 N–H and O–H groups in total. The first kappa shape index (κ1) is 20.1. The lowest BCUT2D eigenvalue weighted by Gasteiger charge is -2.10. The summed E-state index contributed by atoms with van der Waals surface area (Å²) < 4.78 is 39.6. The minimum atomic E-state index is -1.74. The predicted molar refractivity (Wildman–Crippen MR) is 97.0 cm³/mol. The molecule has 8 nitrogen and oxygen atoms in total. The van der Waals surface area contributed by atoms with E-state index in [1.165, 1.54) is 12.1 Å². The third-order valence-electron chi connectivity index (χ3n) is 4.11. The van der Waals surface area contributed by atoms with Gasteiger partial charge in [-0.05, 0) is 37.1 Å². The fourth-order valence-electron chi connectivity index (χ4n) is 2.47. The standard InChI is InChI=1S/C18H15F3N4O4/c19-11-4-6-13(17(21)16(11)20)24-15(26)8-22-18(27)9-1-5-12(23-10-2-3-10)14(7-9)25(28)29/h1,4-7,10,23H,2-3,8H2,(H,22,27)(H,24,26). The van der Waals surface area contributed by atoms with E-state index in [1.807, 2.05) is 5.32 Å². The zero-order chi connectivity index (χ0) is 21.1. The van der Waals surface area contributed by atoms with E-state index in [1.54, 1.807) is 0 Å². The van der Waals surface area contributed by atoms with Crippen LogP contribution in [-0.4, -0.2) is 29.3 Å². The molecule has 0 heterocycles. The summed E-state index contributed by atoms with van der Waals surface area (Å²) in [4.78, 5) is 34.6. The van der Waals surface area contributed by atoms with Gasteiger partial charge < -0.3 is 16.0 Å². The number of nitrogens with one attached hydrogen (secondary N) is 3. The summed E-state index contributed by atoms with van der Waals surface area (Å²) in [5, 5.41) is 18.4. The molecule has 1 saturated carbocycles. The van der Waals surface area contributed by atoms with Crippen molar-refractivity contribution in [3.05, 3.63) is 63.5 Å². The maximum Gasteiger partial charge on any atom is 0.293 e. The van der Waals surface area contributed by atoms with Crippen molar-refractivity contribution >= 4 is 28.9 Å². The van der Waals surface area contributed by atoms with Gasteiger partial charge in [-0.1, -0.05) is 0 Å². The zero-order valence-corrected chi connectivity index (χ0v) is 14.8. The number of carbonyl (C=O) groups excluding carboxylic acids is 2. The van der Waals surface area contributed by atoms with Crippen LogP contribution < -0.4 is 16.0 Å². The van der Waals surface area contributed by atoms with Gasteiger partial charge in [-0.15, -0.1) is 0 Å². The van der Waals surface area contributed by atoms with Gasteiger partial charge in [0.05, 0.1) is 17.2 Å². The van der Waals surface area contributed by atoms with Crippen molar-refractivity contribution in [3.8, 4) is 0 Å². The fraction of sp³-hybridized carbons (Fsp3) is 0.222. The number of benzene rings is 2. The molecular weight excluding hydrogens is 393 g/mol. The summed E-state index contributed by atoms with van der Waals surface area (Å²) in [6.07, 6.45) is 1.82. The second-order valence-electron chi connectivity index (χ2n) is 6.36. The Hall–Kier alpha value is -3.63. The molecule has 3 rings (SSSR count). The van der Waals surface area contributed by atoms with Gasteiger partial charge in [0.1, 0.15) is 5.69 Å². The van der Waals surface area contributed by atoms with E-state index >= 15 is 0 Å². The highest BCUT2D eigenvalue weighted by Gasteiger charge is 2.25. The third kappa shape index (κ3) is 4.81. The SMILES string of the molecule is O=C(CNC(=O)c1ccc(NC2CC2)c([N+](=O)[O-])c1)Nc1ccc(F)c(F)c1F. The van der Waals surface area contributed by atoms with Crippen LogP contribution in [0.4, 0.5) is 30.2 Å². The smallest absolute Gasteiger partial charge is 0.293 e. The van der Waals surface area contributed by atoms with Crippen molar-refractivity contribution < 1.29 is 27.7 Å². The summed E-state index contributed by atoms with van der Waals surface area (Å²) in [5.74, 6) is -6.38. The van der Waals surface area contributed by atoms with Gasteiger partial charge in [-0.3, -0.25) is 19.7 Å². The molecule has 152 valence electrons. The van der Waals surface area contributed by atoms with E-state index in [0.717, 1.165) is 25.0 Å². The largest absolute Gasteiger partial charge is 0.377 e. The number of hydrogen-bond acceptors (Lipinski definition) is 5. The first-order valence-corrected chi connectivity index (χ1v) is 8.52. The van der Waals surface area contributed by atoms with Crippen LogP contribution in [0, 0.1) is 27.6 Å². The lowest BCUT2D eigenvalue weighted by atomic mass is 10.1. The Morgan fingerprint density at radius 3 is 2.41 bits per heavy atom. The number of carbonyl (C=O) groups is 2. The molecule has 2 amide bonds. The Bertz CT molecular complexity index is 995. The van der Waals surface area contributed by atoms with E-state index in [-0.39, 0.29) is 17.3 Å². The molecule has 0 atom stereocenters. The molecule has 0 aliphatic heterocycles. The van der Waals surface area contributed by atoms with Gasteiger partial charge in [-0.2, -0.15) is 0 Å². The molecule has 0 radical (unpaired) electrons. The van der Waals surface area contributed by atoms with Crippen molar-refractivity contribution in [1.82, 2.24) is 5.32 Å². The normalized spacial score (nSPS) is 12.9. The van der Waals surface area contributed by atoms with Crippen molar-refractivity contribution in [2.75, 3.05) is 17.2 Å². The summed E-state index contributed by atoms with van der Waals surface area (Å²) in [7, 11) is 0. The quantitative estimate of drug-likeness (QED) is 0.370. The zero-order valence-electron chi connectivity index (χ0n) is 14.8. The molecule has 0 aromatic heterocycles. The van der Waals surface area contributed by atoms with Gasteiger partial charge in [0.25, 0.3) is 11.6 Å². The fourth-order valence-corrected chi connectivity index (χ4v) is 2.47. The first-order chi connectivity index (χ1) is 13.8. The maximum atomic E-state index is 13.6. The Labute approximate surface area is 162 Å². The maximum absolute atomic E-state index is 13.6. The lowest BCUT2D eigenvalue weighted by Crippen LogP contribution is -2.33. The van der Waals surface area contributed by atoms with Crippen LogP contribution in [0.2, 0.25) is 0 Å². The minimum absolute atomic E-state index is 0.0511. The Morgan fingerprint density at radius 2 is 1.76 bits per heavy atom. The molecule has 2 aromatic rings. The second kappa shape index (κ2) is 8.17. The van der Waals surface area contributed by atoms with Gasteiger partial charge >= 0.3 is 0 Å². The van der Waals surface area contributed by atoms with Crippen LogP contribution in [0.15, 0.2) is 30.3 Å². The topological polar surface area (TPSA) is 113 Å². The Balaban J connectivity index is 1.62. The second-order valence-corrected chi connectivity index (χ2v) is 6.36. The number of nitro benzene ring substituents is 1. The average Bonchev–Trinajstić information content (AvgIpc) is 3.50. The number of amides is 2. The van der Waals surface area contributed by atoms with E-state index in [0.29, 0.717) is 11.8 Å². The highest BCUT2D eigenvalue weighted by atomic mass is 19.2. The lowest BCUT2D eigenvalue weighted by molar-refractivity contribution is -0.384. The number of nitro groups is 1. The van der Waals surface area contributed by atoms with Gasteiger partial charge in [0, 0.05) is 17.7 Å². The van der Waals surface area contributed by atoms with E-state index in [9.17, 15) is 32.9 Å². The third-order valence-corrected chi connectivity index (χ3v) is 4.11. The molecule has 11 heteroatoms. The van der Waals surface area contributed by atoms with Crippen LogP contribution in [0.3, 0.4) is 0 Å². The van der Waals surface area contributed by atoms with Gasteiger partial charge in [0.15, 0.2) is 17.5 Å². The van der Waals surface area contributed by atoms with Crippen molar-refractivity contribution in [2.24, 2.45) is 0 Å². The van der Waals surface area contributed by atoms with Gasteiger partial charge in [0.2, 0.25) is 5.91 Å². The summed E-state index contributed by atoms with van der Waals surface area (Å²) in [5.41, 5.74) is -0.627. The van der Waals surface area contributed by atoms with Crippen LogP contribution in [0.5, 0.6) is 0 Å². The molecular formula is C18H15F3N4O4. The van der Waals surface area contributed by atoms with Crippen LogP contribution in [-0.2, 0) is 4.79 Å². The summed E-state index contributed by atoms with van der Waals surface area (Å²) >= 11 is 0. The van der Waals surface area contributed by atoms with Crippen molar-refractivity contribution in [3.63, 3.8) is 0 Å². The molecule has 1 fully saturated rings. The molecule has 0 unspecified atom stereocenters. The first-order valence-electron chi connectivity index (χ1n) is 8.52. The van der Waals surface area contributed by atoms with E-state index in [2.05, 4.69) is 10.6 Å². The van der Waals surface area contributed by atoms with Crippen molar-refractivity contribution in [2.45, 2.75) is 18.9 Å². The van der Waals surface area contributed by atoms with E-state index < -0.39 is 46.4 Å². The van der Waals surface area contributed by atoms with Crippen LogP contribution >= 0.6 is 0 Å². The molecule has 0 saturated heterocycles. The molecule has 29 heavy (non-hydrogen) atoms. The number of nitrogens with zero attached hydrogens (tertiary/aromatic N) is 1. The predicted octanol–water partition coefficient (Wildman–Crippen LogP) is 2.95. The Kier molecular flexibility index (Phi) is 5.66. The van der Waals surface area contributed by atoms with Crippen LogP contribution in [0.25, 0.3) is 0 Å². The average molecular weight is 408 g/mol. The number of anilines is 2.